The van der Waals surface area contributed by atoms with Crippen LogP contribution in [0.3, 0.4) is 0 Å². The van der Waals surface area contributed by atoms with Crippen LogP contribution in [0.1, 0.15) is 92.7 Å². The van der Waals surface area contributed by atoms with Gasteiger partial charge in [0.25, 0.3) is 0 Å². The number of hydrogen-bond acceptors (Lipinski definition) is 3. The highest BCUT2D eigenvalue weighted by molar-refractivity contribution is 6.89. The summed E-state index contributed by atoms with van der Waals surface area (Å²) in [6.45, 7) is 22.3. The number of rotatable bonds is 10. The third-order valence-corrected chi connectivity index (χ3v) is 19.1. The molecule has 330 valence electrons. The fourth-order valence-corrected chi connectivity index (χ4v) is 13.7. The van der Waals surface area contributed by atoms with Crippen LogP contribution in [0.5, 0.6) is 0 Å². The summed E-state index contributed by atoms with van der Waals surface area (Å²) in [7, 11) is -3.10. The van der Waals surface area contributed by atoms with Crippen LogP contribution in [-0.4, -0.2) is 16.1 Å². The molecule has 0 unspecified atom stereocenters. The van der Waals surface area contributed by atoms with Gasteiger partial charge in [-0.3, -0.25) is 0 Å². The molecule has 6 heteroatoms. The molecule has 0 amide bonds. The predicted molar refractivity (Wildman–Crippen MR) is 288 cm³/mol. The predicted octanol–water partition coefficient (Wildman–Crippen LogP) is 17.1. The highest BCUT2D eigenvalue weighted by Gasteiger charge is 2.30. The average molecular weight is 895 g/mol. The number of nitriles is 1. The summed E-state index contributed by atoms with van der Waals surface area (Å²) in [5.41, 5.74) is 11.0. The molecule has 0 aromatic heterocycles. The Bertz CT molecular complexity index is 2900. The third kappa shape index (κ3) is 8.10. The molecule has 10 rings (SSSR count). The molecule has 66 heavy (non-hydrogen) atoms. The minimum absolute atomic E-state index is 0.471. The van der Waals surface area contributed by atoms with Gasteiger partial charge < -0.3 is 9.80 Å². The van der Waals surface area contributed by atoms with E-state index in [-0.39, 0.29) is 0 Å². The van der Waals surface area contributed by atoms with Crippen LogP contribution in [0.2, 0.25) is 39.3 Å². The van der Waals surface area contributed by atoms with Crippen molar-refractivity contribution in [3.63, 3.8) is 0 Å². The van der Waals surface area contributed by atoms with E-state index in [2.05, 4.69) is 169 Å². The second-order valence-electron chi connectivity index (χ2n) is 21.3. The molecule has 8 aromatic carbocycles. The first-order valence-corrected chi connectivity index (χ1v) is 31.5. The van der Waals surface area contributed by atoms with Crippen LogP contribution in [0.15, 0.2) is 133 Å². The highest BCUT2D eigenvalue weighted by Crippen LogP contribution is 2.53. The SMILES string of the molecule is [C-]#[N+]c1ccc(N(c2ccc([Si](C)(C)C)cc2)c2cc(C3CCCCC3)c3ccc4c(N(c5ccc(C#N)cc5)c5ccc([Si](C)(C)C)cc5)cc(C5CCCCC5)c5ccc2c3c54)cc1. The van der Waals surface area contributed by atoms with E-state index in [4.69, 9.17) is 6.57 Å². The fourth-order valence-electron chi connectivity index (χ4n) is 11.3. The van der Waals surface area contributed by atoms with Gasteiger partial charge in [0.2, 0.25) is 0 Å². The zero-order valence-electron chi connectivity index (χ0n) is 39.7. The van der Waals surface area contributed by atoms with Crippen molar-refractivity contribution in [3.05, 3.63) is 162 Å². The molecule has 0 bridgehead atoms. The van der Waals surface area contributed by atoms with Crippen molar-refractivity contribution in [2.75, 3.05) is 9.80 Å². The van der Waals surface area contributed by atoms with Crippen molar-refractivity contribution in [2.24, 2.45) is 0 Å². The van der Waals surface area contributed by atoms with E-state index < -0.39 is 16.1 Å². The molecule has 8 aromatic rings. The van der Waals surface area contributed by atoms with Gasteiger partial charge in [0.05, 0.1) is 45.7 Å². The molecule has 0 heterocycles. The van der Waals surface area contributed by atoms with Gasteiger partial charge in [0.15, 0.2) is 5.69 Å². The largest absolute Gasteiger partial charge is 0.310 e. The van der Waals surface area contributed by atoms with E-state index in [1.165, 1.54) is 129 Å². The standard InChI is InChI=1S/C60H62N4Si2/c1-62-44-20-24-46(25-21-44)64(48-28-32-50(33-29-48)66(5,6)7)58-39-56(43-16-12-9-13-17-43)52-34-36-53-57(38-55(42-14-10-8-11-15-42)51-35-37-54(58)60(52)59(51)53)63(45-22-18-41(40-61)19-23-45)47-26-30-49(31-27-47)65(2,3)4/h18-39,42-43H,8-17H2,2-7H3. The van der Waals surface area contributed by atoms with E-state index in [0.29, 0.717) is 23.1 Å². The third-order valence-electron chi connectivity index (χ3n) is 15.0. The molecule has 0 radical (unpaired) electrons. The lowest BCUT2D eigenvalue weighted by Gasteiger charge is -2.33. The van der Waals surface area contributed by atoms with Gasteiger partial charge in [0.1, 0.15) is 0 Å². The smallest absolute Gasteiger partial charge is 0.187 e. The molecule has 2 aliphatic carbocycles. The number of nitrogens with zero attached hydrogens (tertiary/aromatic N) is 4. The van der Waals surface area contributed by atoms with Gasteiger partial charge in [-0.2, -0.15) is 5.26 Å². The lowest BCUT2D eigenvalue weighted by molar-refractivity contribution is 0.445. The summed E-state index contributed by atoms with van der Waals surface area (Å²) in [5.74, 6) is 0.943. The second kappa shape index (κ2) is 17.6. The van der Waals surface area contributed by atoms with Gasteiger partial charge in [-0.05, 0) is 143 Å². The van der Waals surface area contributed by atoms with Crippen molar-refractivity contribution in [1.82, 2.24) is 0 Å². The molecular weight excluding hydrogens is 833 g/mol. The van der Waals surface area contributed by atoms with Crippen molar-refractivity contribution in [2.45, 2.75) is 115 Å². The van der Waals surface area contributed by atoms with Crippen LogP contribution >= 0.6 is 0 Å². The zero-order chi connectivity index (χ0) is 45.7. The minimum Gasteiger partial charge on any atom is -0.310 e. The Morgan fingerprint density at radius 2 is 0.818 bits per heavy atom. The van der Waals surface area contributed by atoms with E-state index in [1.807, 2.05) is 24.3 Å². The fraction of sp³-hybridized carbons (Fsp3) is 0.300. The lowest BCUT2D eigenvalue weighted by atomic mass is 9.77. The van der Waals surface area contributed by atoms with Gasteiger partial charge in [-0.15, -0.1) is 0 Å². The van der Waals surface area contributed by atoms with Gasteiger partial charge in [-0.25, -0.2) is 4.85 Å². The molecule has 0 N–H and O–H groups in total. The van der Waals surface area contributed by atoms with Crippen LogP contribution in [0, 0.1) is 17.9 Å². The Kier molecular flexibility index (Phi) is 11.6. The summed E-state index contributed by atoms with van der Waals surface area (Å²) in [4.78, 5) is 8.74. The average Bonchev–Trinajstić information content (AvgIpc) is 3.34. The van der Waals surface area contributed by atoms with E-state index in [9.17, 15) is 5.26 Å². The molecular formula is C60H62N4Si2. The molecule has 2 saturated carbocycles. The van der Waals surface area contributed by atoms with Crippen molar-refractivity contribution < 1.29 is 0 Å². The summed E-state index contributed by atoms with van der Waals surface area (Å²) in [6, 6.07) is 52.5. The maximum absolute atomic E-state index is 9.90. The van der Waals surface area contributed by atoms with Gasteiger partial charge in [0, 0.05) is 33.5 Å². The number of hydrogen-bond donors (Lipinski definition) is 0. The minimum atomic E-state index is -1.55. The van der Waals surface area contributed by atoms with Gasteiger partial charge >= 0.3 is 0 Å². The van der Waals surface area contributed by atoms with Gasteiger partial charge in [-0.1, -0.05) is 149 Å². The van der Waals surface area contributed by atoms with Crippen molar-refractivity contribution in [1.29, 1.82) is 5.26 Å². The van der Waals surface area contributed by atoms with E-state index in [1.54, 1.807) is 0 Å². The van der Waals surface area contributed by atoms with Crippen LogP contribution in [-0.2, 0) is 0 Å². The lowest BCUT2D eigenvalue weighted by Crippen LogP contribution is -2.37. The Labute approximate surface area is 394 Å². The quantitative estimate of drug-likeness (QED) is 0.0779. The summed E-state index contributed by atoms with van der Waals surface area (Å²) >= 11 is 0. The summed E-state index contributed by atoms with van der Waals surface area (Å²) < 4.78 is 0. The molecule has 0 aliphatic heterocycles. The highest BCUT2D eigenvalue weighted by atomic mass is 28.3. The maximum atomic E-state index is 9.90. The first-order chi connectivity index (χ1) is 31.9. The van der Waals surface area contributed by atoms with Crippen LogP contribution in [0.25, 0.3) is 37.2 Å². The normalized spacial score (nSPS) is 15.3. The Morgan fingerprint density at radius 3 is 1.17 bits per heavy atom. The van der Waals surface area contributed by atoms with Crippen LogP contribution in [0.4, 0.5) is 39.8 Å². The molecule has 2 fully saturated rings. The Hall–Kier alpha value is -6.19. The molecule has 0 atom stereocenters. The summed E-state index contributed by atoms with van der Waals surface area (Å²) in [5, 5.41) is 20.8. The summed E-state index contributed by atoms with van der Waals surface area (Å²) in [6.07, 6.45) is 12.4. The van der Waals surface area contributed by atoms with E-state index >= 15 is 0 Å². The number of benzene rings is 8. The van der Waals surface area contributed by atoms with Crippen molar-refractivity contribution in [3.8, 4) is 6.07 Å². The first kappa shape index (κ1) is 43.7. The Balaban J connectivity index is 1.31. The molecule has 0 spiro atoms. The Morgan fingerprint density at radius 1 is 0.470 bits per heavy atom. The molecule has 2 aliphatic rings. The van der Waals surface area contributed by atoms with E-state index in [0.717, 1.165) is 22.7 Å². The molecule has 4 nitrogen and oxygen atoms in total. The second-order valence-corrected chi connectivity index (χ2v) is 31.4. The monoisotopic (exact) mass is 894 g/mol. The maximum Gasteiger partial charge on any atom is 0.187 e. The topological polar surface area (TPSA) is 34.6 Å². The van der Waals surface area contributed by atoms with Crippen LogP contribution < -0.4 is 20.2 Å². The van der Waals surface area contributed by atoms with Crippen molar-refractivity contribution >= 4 is 98.7 Å². The molecule has 0 saturated heterocycles. The first-order valence-electron chi connectivity index (χ1n) is 24.5. The zero-order valence-corrected chi connectivity index (χ0v) is 41.7. The number of anilines is 6.